The minimum absolute atomic E-state index is 0.0190. The van der Waals surface area contributed by atoms with E-state index in [0.717, 1.165) is 0 Å². The summed E-state index contributed by atoms with van der Waals surface area (Å²) in [4.78, 5) is 0.338. The van der Waals surface area contributed by atoms with E-state index in [-0.39, 0.29) is 5.04 Å². The number of sulfonamides is 1. The van der Waals surface area contributed by atoms with Crippen molar-refractivity contribution in [3.8, 4) is 0 Å². The lowest BCUT2D eigenvalue weighted by Crippen LogP contribution is -2.54. The lowest BCUT2D eigenvalue weighted by Gasteiger charge is -2.36. The summed E-state index contributed by atoms with van der Waals surface area (Å²) in [6, 6.07) is 8.52. The fourth-order valence-corrected chi connectivity index (χ4v) is 6.05. The van der Waals surface area contributed by atoms with Crippen molar-refractivity contribution < 1.29 is 8.42 Å². The van der Waals surface area contributed by atoms with Crippen LogP contribution in [0.25, 0.3) is 0 Å². The molecule has 0 spiro atoms. The van der Waals surface area contributed by atoms with Crippen molar-refractivity contribution in [3.63, 3.8) is 0 Å². The maximum atomic E-state index is 12.2. The Morgan fingerprint density at radius 3 is 1.94 bits per heavy atom. The Morgan fingerprint density at radius 2 is 1.53 bits per heavy atom. The molecule has 17 heavy (non-hydrogen) atoms. The minimum atomic E-state index is -3.39. The van der Waals surface area contributed by atoms with Crippen molar-refractivity contribution in [2.24, 2.45) is 0 Å². The molecule has 0 heterocycles. The predicted molar refractivity (Wildman–Crippen MR) is 74.0 cm³/mol. The van der Waals surface area contributed by atoms with Crippen LogP contribution in [0.5, 0.6) is 0 Å². The Bertz CT molecular complexity index is 475. The van der Waals surface area contributed by atoms with Crippen LogP contribution < -0.4 is 4.39 Å². The molecule has 0 saturated carbocycles. The zero-order valence-corrected chi connectivity index (χ0v) is 12.9. The summed E-state index contributed by atoms with van der Waals surface area (Å²) in [5, 5.41) is -0.0190. The highest BCUT2D eigenvalue weighted by Gasteiger charge is 2.39. The fourth-order valence-electron chi connectivity index (χ4n) is 1.15. The molecule has 0 radical (unpaired) electrons. The summed E-state index contributed by atoms with van der Waals surface area (Å²) >= 11 is 0. The molecule has 0 saturated heterocycles. The Hall–Kier alpha value is -0.653. The average molecular weight is 271 g/mol. The second-order valence-electron chi connectivity index (χ2n) is 5.79. The second kappa shape index (κ2) is 4.55. The summed E-state index contributed by atoms with van der Waals surface area (Å²) in [5.74, 6) is 0. The van der Waals surface area contributed by atoms with Crippen LogP contribution >= 0.6 is 0 Å². The Labute approximate surface area is 105 Å². The fraction of sp³-hybridized carbons (Fsp3) is 0.500. The van der Waals surface area contributed by atoms with Gasteiger partial charge in [0.2, 0.25) is 10.0 Å². The molecule has 0 amide bonds. The molecule has 0 atom stereocenters. The first-order valence-corrected chi connectivity index (χ1v) is 10.1. The third kappa shape index (κ3) is 3.40. The van der Waals surface area contributed by atoms with Crippen molar-refractivity contribution in [2.75, 3.05) is 0 Å². The van der Waals surface area contributed by atoms with Gasteiger partial charge < -0.3 is 0 Å². The van der Waals surface area contributed by atoms with Crippen LogP contribution in [0.3, 0.4) is 0 Å². The van der Waals surface area contributed by atoms with E-state index in [4.69, 9.17) is 0 Å². The maximum absolute atomic E-state index is 12.2. The molecule has 1 N–H and O–H groups in total. The molecule has 0 fully saturated rings. The number of benzene rings is 1. The van der Waals surface area contributed by atoms with Gasteiger partial charge in [-0.25, -0.2) is 12.8 Å². The zero-order chi connectivity index (χ0) is 13.3. The maximum Gasteiger partial charge on any atom is 0.234 e. The third-order valence-corrected chi connectivity index (χ3v) is 11.1. The lowest BCUT2D eigenvalue weighted by atomic mass is 10.2. The van der Waals surface area contributed by atoms with Crippen LogP contribution in [0.15, 0.2) is 35.2 Å². The SMILES string of the molecule is CC(C)(C)[Si](C)(C)NS(=O)(=O)c1ccccc1. The average Bonchev–Trinajstić information content (AvgIpc) is 2.15. The molecule has 0 aliphatic carbocycles. The summed E-state index contributed by atoms with van der Waals surface area (Å²) < 4.78 is 27.3. The standard InChI is InChI=1S/C12H21NO2SSi/c1-12(2,3)17(4,5)13-16(14,15)11-9-7-6-8-10-11/h6-10,13H,1-5H3. The third-order valence-electron chi connectivity index (χ3n) is 3.32. The van der Waals surface area contributed by atoms with Crippen LogP contribution in [-0.4, -0.2) is 16.7 Å². The molecule has 96 valence electrons. The van der Waals surface area contributed by atoms with Gasteiger partial charge in [-0.15, -0.1) is 0 Å². The van der Waals surface area contributed by atoms with Gasteiger partial charge in [0.15, 0.2) is 0 Å². The smallest absolute Gasteiger partial charge is 0.233 e. The van der Waals surface area contributed by atoms with E-state index in [0.29, 0.717) is 4.90 Å². The van der Waals surface area contributed by atoms with Gasteiger partial charge in [0.1, 0.15) is 8.24 Å². The molecule has 0 unspecified atom stereocenters. The van der Waals surface area contributed by atoms with Crippen LogP contribution in [0.2, 0.25) is 18.1 Å². The van der Waals surface area contributed by atoms with Crippen LogP contribution in [-0.2, 0) is 10.0 Å². The second-order valence-corrected chi connectivity index (χ2v) is 12.8. The van der Waals surface area contributed by atoms with Gasteiger partial charge in [0, 0.05) is 0 Å². The highest BCUT2D eigenvalue weighted by atomic mass is 32.2. The van der Waals surface area contributed by atoms with Crippen molar-refractivity contribution >= 4 is 18.3 Å². The van der Waals surface area contributed by atoms with Crippen molar-refractivity contribution in [1.29, 1.82) is 0 Å². The number of hydrogen-bond acceptors (Lipinski definition) is 2. The first-order chi connectivity index (χ1) is 7.56. The number of nitrogens with one attached hydrogen (secondary N) is 1. The normalized spacial score (nSPS) is 13.7. The van der Waals surface area contributed by atoms with Gasteiger partial charge in [-0.3, -0.25) is 0 Å². The van der Waals surface area contributed by atoms with Crippen LogP contribution in [0.4, 0.5) is 0 Å². The summed E-state index contributed by atoms with van der Waals surface area (Å²) in [7, 11) is -5.45. The van der Waals surface area contributed by atoms with Gasteiger partial charge >= 0.3 is 0 Å². The molecule has 0 bridgehead atoms. The zero-order valence-electron chi connectivity index (χ0n) is 11.1. The van der Waals surface area contributed by atoms with Gasteiger partial charge in [-0.2, -0.15) is 0 Å². The highest BCUT2D eigenvalue weighted by Crippen LogP contribution is 2.34. The molecule has 3 nitrogen and oxygen atoms in total. The van der Waals surface area contributed by atoms with E-state index in [1.54, 1.807) is 24.3 Å². The van der Waals surface area contributed by atoms with Gasteiger partial charge in [0.25, 0.3) is 0 Å². The van der Waals surface area contributed by atoms with E-state index >= 15 is 0 Å². The summed E-state index contributed by atoms with van der Waals surface area (Å²) in [6.07, 6.45) is 0. The minimum Gasteiger partial charge on any atom is -0.233 e. The largest absolute Gasteiger partial charge is 0.234 e. The van der Waals surface area contributed by atoms with E-state index < -0.39 is 18.3 Å². The number of rotatable bonds is 3. The van der Waals surface area contributed by atoms with E-state index in [9.17, 15) is 8.42 Å². The van der Waals surface area contributed by atoms with E-state index in [1.807, 2.05) is 19.2 Å². The Morgan fingerprint density at radius 1 is 1.06 bits per heavy atom. The molecular formula is C12H21NO2SSi. The first kappa shape index (κ1) is 14.4. The van der Waals surface area contributed by atoms with Crippen LogP contribution in [0, 0.1) is 0 Å². The molecule has 0 aromatic heterocycles. The number of hydrogen-bond donors (Lipinski definition) is 1. The van der Waals surface area contributed by atoms with Gasteiger partial charge in [-0.1, -0.05) is 52.1 Å². The quantitative estimate of drug-likeness (QED) is 0.859. The van der Waals surface area contributed by atoms with Crippen LogP contribution in [0.1, 0.15) is 20.8 Å². The van der Waals surface area contributed by atoms with Crippen molar-refractivity contribution in [1.82, 2.24) is 4.39 Å². The first-order valence-electron chi connectivity index (χ1n) is 5.65. The summed E-state index contributed by atoms with van der Waals surface area (Å²) in [6.45, 7) is 10.3. The summed E-state index contributed by atoms with van der Waals surface area (Å²) in [5.41, 5.74) is 0. The topological polar surface area (TPSA) is 46.2 Å². The molecule has 0 aliphatic heterocycles. The molecule has 5 heteroatoms. The Kier molecular flexibility index (Phi) is 3.86. The van der Waals surface area contributed by atoms with E-state index in [2.05, 4.69) is 25.2 Å². The highest BCUT2D eigenvalue weighted by molar-refractivity contribution is 7.91. The molecule has 1 aromatic carbocycles. The molecular weight excluding hydrogens is 250 g/mol. The molecule has 0 aliphatic rings. The predicted octanol–water partition coefficient (Wildman–Crippen LogP) is 2.97. The van der Waals surface area contributed by atoms with Gasteiger partial charge in [-0.05, 0) is 17.2 Å². The monoisotopic (exact) mass is 271 g/mol. The van der Waals surface area contributed by atoms with Crippen molar-refractivity contribution in [3.05, 3.63) is 30.3 Å². The van der Waals surface area contributed by atoms with E-state index in [1.165, 1.54) is 0 Å². The molecule has 1 aromatic rings. The van der Waals surface area contributed by atoms with Gasteiger partial charge in [0.05, 0.1) is 4.90 Å². The Balaban J connectivity index is 3.04. The lowest BCUT2D eigenvalue weighted by molar-refractivity contribution is 0.589. The molecule has 1 rings (SSSR count). The van der Waals surface area contributed by atoms with Crippen molar-refractivity contribution in [2.45, 2.75) is 43.8 Å².